The van der Waals surface area contributed by atoms with Crippen molar-refractivity contribution in [2.45, 2.75) is 46.8 Å². The fraction of sp³-hybridized carbons (Fsp3) is 0.529. The lowest BCUT2D eigenvalue weighted by atomic mass is 9.88. The minimum atomic E-state index is 0.248. The molecule has 18 heavy (non-hydrogen) atoms. The zero-order chi connectivity index (χ0) is 13.5. The van der Waals surface area contributed by atoms with Crippen molar-refractivity contribution in [3.8, 4) is 0 Å². The molecule has 0 saturated carbocycles. The molecule has 0 unspecified atom stereocenters. The van der Waals surface area contributed by atoms with E-state index in [1.807, 2.05) is 6.07 Å². The van der Waals surface area contributed by atoms with Crippen LogP contribution in [0.4, 0.5) is 0 Å². The third kappa shape index (κ3) is 4.30. The number of rotatable bonds is 7. The number of hydrogen-bond acceptors (Lipinski definition) is 1. The second-order valence-corrected chi connectivity index (χ2v) is 5.31. The molecule has 0 aromatic heterocycles. The van der Waals surface area contributed by atoms with Crippen molar-refractivity contribution in [2.75, 3.05) is 0 Å². The first-order valence-corrected chi connectivity index (χ1v) is 6.89. The van der Waals surface area contributed by atoms with Gasteiger partial charge in [-0.3, -0.25) is 0 Å². The maximum atomic E-state index is 6.11. The van der Waals surface area contributed by atoms with Gasteiger partial charge in [0.15, 0.2) is 0 Å². The van der Waals surface area contributed by atoms with Crippen molar-refractivity contribution in [1.82, 2.24) is 0 Å². The van der Waals surface area contributed by atoms with Crippen molar-refractivity contribution >= 4 is 0 Å². The van der Waals surface area contributed by atoms with Crippen LogP contribution >= 0.6 is 0 Å². The Morgan fingerprint density at radius 2 is 1.78 bits per heavy atom. The highest BCUT2D eigenvalue weighted by atomic mass is 16.5. The highest BCUT2D eigenvalue weighted by Crippen LogP contribution is 2.25. The first-order valence-electron chi connectivity index (χ1n) is 6.89. The number of ether oxygens (including phenoxy) is 1. The average Bonchev–Trinajstić information content (AvgIpc) is 2.38. The van der Waals surface area contributed by atoms with Gasteiger partial charge in [-0.05, 0) is 17.9 Å². The molecule has 0 radical (unpaired) electrons. The van der Waals surface area contributed by atoms with Crippen LogP contribution in [0, 0.1) is 11.8 Å². The van der Waals surface area contributed by atoms with Crippen LogP contribution < -0.4 is 0 Å². The van der Waals surface area contributed by atoms with E-state index in [2.05, 4.69) is 58.5 Å². The van der Waals surface area contributed by atoms with Gasteiger partial charge in [0, 0.05) is 5.92 Å². The highest BCUT2D eigenvalue weighted by molar-refractivity contribution is 5.13. The summed E-state index contributed by atoms with van der Waals surface area (Å²) in [5.41, 5.74) is 2.51. The average molecular weight is 246 g/mol. The van der Waals surface area contributed by atoms with Gasteiger partial charge in [-0.1, -0.05) is 70.2 Å². The van der Waals surface area contributed by atoms with E-state index in [4.69, 9.17) is 4.74 Å². The number of benzene rings is 1. The molecule has 1 aromatic carbocycles. The van der Waals surface area contributed by atoms with E-state index in [0.29, 0.717) is 18.4 Å². The summed E-state index contributed by atoms with van der Waals surface area (Å²) in [6, 6.07) is 10.4. The van der Waals surface area contributed by atoms with Crippen LogP contribution in [0.2, 0.25) is 0 Å². The fourth-order valence-corrected chi connectivity index (χ4v) is 2.24. The third-order valence-corrected chi connectivity index (χ3v) is 3.53. The molecule has 0 amide bonds. The van der Waals surface area contributed by atoms with Gasteiger partial charge in [0.05, 0.1) is 12.7 Å². The van der Waals surface area contributed by atoms with Crippen molar-refractivity contribution in [2.24, 2.45) is 11.8 Å². The molecule has 1 nitrogen and oxygen atoms in total. The fourth-order valence-electron chi connectivity index (χ4n) is 2.24. The van der Waals surface area contributed by atoms with Gasteiger partial charge in [-0.15, -0.1) is 0 Å². The third-order valence-electron chi connectivity index (χ3n) is 3.53. The van der Waals surface area contributed by atoms with Gasteiger partial charge >= 0.3 is 0 Å². The lowest BCUT2D eigenvalue weighted by Crippen LogP contribution is -2.28. The van der Waals surface area contributed by atoms with Gasteiger partial charge in [-0.2, -0.15) is 0 Å². The van der Waals surface area contributed by atoms with Crippen molar-refractivity contribution in [3.05, 3.63) is 48.0 Å². The Morgan fingerprint density at radius 3 is 2.28 bits per heavy atom. The Hall–Kier alpha value is -1.08. The van der Waals surface area contributed by atoms with E-state index >= 15 is 0 Å². The van der Waals surface area contributed by atoms with Crippen LogP contribution in [0.3, 0.4) is 0 Å². The Bertz CT molecular complexity index is 353. The van der Waals surface area contributed by atoms with Gasteiger partial charge in [0.2, 0.25) is 0 Å². The first kappa shape index (κ1) is 15.0. The molecule has 2 atom stereocenters. The van der Waals surface area contributed by atoms with Crippen molar-refractivity contribution in [3.63, 3.8) is 0 Å². The van der Waals surface area contributed by atoms with E-state index in [1.54, 1.807) is 0 Å². The number of hydrogen-bond donors (Lipinski definition) is 0. The lowest BCUT2D eigenvalue weighted by Gasteiger charge is -2.29. The van der Waals surface area contributed by atoms with Crippen LogP contribution in [-0.4, -0.2) is 6.10 Å². The predicted octanol–water partition coefficient (Wildman–Crippen LogP) is 4.83. The molecule has 0 aliphatic heterocycles. The molecule has 0 aliphatic rings. The van der Waals surface area contributed by atoms with E-state index < -0.39 is 0 Å². The topological polar surface area (TPSA) is 9.23 Å². The molecule has 0 bridgehead atoms. The Labute approximate surface area is 112 Å². The molecule has 1 rings (SSSR count). The summed E-state index contributed by atoms with van der Waals surface area (Å²) >= 11 is 0. The van der Waals surface area contributed by atoms with Crippen LogP contribution in [0.1, 0.15) is 39.7 Å². The van der Waals surface area contributed by atoms with E-state index in [0.717, 1.165) is 6.42 Å². The summed E-state index contributed by atoms with van der Waals surface area (Å²) < 4.78 is 6.11. The normalized spacial score (nSPS) is 14.5. The van der Waals surface area contributed by atoms with E-state index in [-0.39, 0.29) is 6.10 Å². The van der Waals surface area contributed by atoms with Gasteiger partial charge in [0.1, 0.15) is 0 Å². The zero-order valence-corrected chi connectivity index (χ0v) is 12.1. The SMILES string of the molecule is C=C(CC)[C@H](C)[C@H](OCc1ccccc1)C(C)C. The van der Waals surface area contributed by atoms with E-state index in [1.165, 1.54) is 11.1 Å². The lowest BCUT2D eigenvalue weighted by molar-refractivity contribution is -0.0148. The highest BCUT2D eigenvalue weighted by Gasteiger charge is 2.23. The van der Waals surface area contributed by atoms with Gasteiger partial charge < -0.3 is 4.74 Å². The molecular formula is C17H26O. The van der Waals surface area contributed by atoms with Crippen LogP contribution in [0.15, 0.2) is 42.5 Å². The summed E-state index contributed by atoms with van der Waals surface area (Å²) in [5.74, 6) is 0.922. The second kappa shape index (κ2) is 7.38. The molecule has 0 spiro atoms. The van der Waals surface area contributed by atoms with Crippen molar-refractivity contribution in [1.29, 1.82) is 0 Å². The molecule has 1 heteroatoms. The van der Waals surface area contributed by atoms with E-state index in [9.17, 15) is 0 Å². The molecule has 0 heterocycles. The van der Waals surface area contributed by atoms with Gasteiger partial charge in [0.25, 0.3) is 0 Å². The molecular weight excluding hydrogens is 220 g/mol. The maximum absolute atomic E-state index is 6.11. The van der Waals surface area contributed by atoms with Crippen LogP contribution in [0.5, 0.6) is 0 Å². The summed E-state index contributed by atoms with van der Waals surface area (Å²) in [4.78, 5) is 0. The first-order chi connectivity index (χ1) is 8.56. The smallest absolute Gasteiger partial charge is 0.0721 e. The zero-order valence-electron chi connectivity index (χ0n) is 12.1. The maximum Gasteiger partial charge on any atom is 0.0721 e. The Morgan fingerprint density at radius 1 is 1.17 bits per heavy atom. The molecule has 0 saturated heterocycles. The monoisotopic (exact) mass is 246 g/mol. The van der Waals surface area contributed by atoms with Crippen molar-refractivity contribution < 1.29 is 4.74 Å². The quantitative estimate of drug-likeness (QED) is 0.626. The van der Waals surface area contributed by atoms with Crippen LogP contribution in [-0.2, 0) is 11.3 Å². The standard InChI is InChI=1S/C17H26O/c1-6-14(4)15(5)17(13(2)3)18-12-16-10-8-7-9-11-16/h7-11,13,15,17H,4,6,12H2,1-3,5H3/t15-,17+/m0/s1. The Balaban J connectivity index is 2.61. The molecule has 0 aliphatic carbocycles. The molecule has 0 N–H and O–H groups in total. The molecule has 0 fully saturated rings. The van der Waals surface area contributed by atoms with Gasteiger partial charge in [-0.25, -0.2) is 0 Å². The summed E-state index contributed by atoms with van der Waals surface area (Å²) in [7, 11) is 0. The summed E-state index contributed by atoms with van der Waals surface area (Å²) in [5, 5.41) is 0. The molecule has 1 aromatic rings. The second-order valence-electron chi connectivity index (χ2n) is 5.31. The summed E-state index contributed by atoms with van der Waals surface area (Å²) in [6.45, 7) is 13.7. The predicted molar refractivity (Wildman–Crippen MR) is 78.5 cm³/mol. The molecule has 100 valence electrons. The Kier molecular flexibility index (Phi) is 6.14. The summed E-state index contributed by atoms with van der Waals surface area (Å²) in [6.07, 6.45) is 1.27. The minimum Gasteiger partial charge on any atom is -0.373 e. The van der Waals surface area contributed by atoms with Crippen LogP contribution in [0.25, 0.3) is 0 Å². The largest absolute Gasteiger partial charge is 0.373 e. The minimum absolute atomic E-state index is 0.248.